The number of anilines is 1. The number of morpholine rings is 1. The first-order chi connectivity index (χ1) is 16.4. The van der Waals surface area contributed by atoms with Crippen LogP contribution in [0, 0.1) is 5.82 Å². The first-order valence-electron chi connectivity index (χ1n) is 11.6. The Kier molecular flexibility index (Phi) is 8.28. The number of nitrogens with zero attached hydrogens (tertiary/aromatic N) is 3. The van der Waals surface area contributed by atoms with Crippen LogP contribution in [0.5, 0.6) is 0 Å². The number of ether oxygens (including phenoxy) is 1. The number of carbonyl (C=O) groups is 1. The number of halogens is 1. The Balaban J connectivity index is 1.27. The van der Waals surface area contributed by atoms with Crippen LogP contribution in [0.4, 0.5) is 10.1 Å². The van der Waals surface area contributed by atoms with Crippen LogP contribution in [0.3, 0.4) is 0 Å². The van der Waals surface area contributed by atoms with E-state index in [0.29, 0.717) is 44.1 Å². The van der Waals surface area contributed by atoms with Gasteiger partial charge in [0.2, 0.25) is 15.9 Å². The Morgan fingerprint density at radius 1 is 0.912 bits per heavy atom. The van der Waals surface area contributed by atoms with Crippen LogP contribution in [0.25, 0.3) is 0 Å². The van der Waals surface area contributed by atoms with E-state index in [1.54, 1.807) is 18.2 Å². The van der Waals surface area contributed by atoms with E-state index >= 15 is 0 Å². The second kappa shape index (κ2) is 11.4. The lowest BCUT2D eigenvalue weighted by Gasteiger charge is -2.26. The molecule has 0 saturated carbocycles. The van der Waals surface area contributed by atoms with Crippen molar-refractivity contribution in [3.05, 3.63) is 59.9 Å². The Labute approximate surface area is 200 Å². The minimum atomic E-state index is -3.56. The van der Waals surface area contributed by atoms with Crippen molar-refractivity contribution in [2.24, 2.45) is 0 Å². The first kappa shape index (κ1) is 24.7. The summed E-state index contributed by atoms with van der Waals surface area (Å²) in [5.41, 5.74) is 1.25. The third-order valence-electron chi connectivity index (χ3n) is 6.15. The van der Waals surface area contributed by atoms with Crippen molar-refractivity contribution in [1.82, 2.24) is 14.1 Å². The molecule has 2 heterocycles. The third kappa shape index (κ3) is 6.39. The Morgan fingerprint density at radius 3 is 2.32 bits per heavy atom. The quantitative estimate of drug-likeness (QED) is 0.639. The molecule has 2 fully saturated rings. The van der Waals surface area contributed by atoms with E-state index < -0.39 is 10.0 Å². The normalized spacial score (nSPS) is 19.0. The molecule has 2 aromatic carbocycles. The van der Waals surface area contributed by atoms with Crippen molar-refractivity contribution in [3.8, 4) is 0 Å². The minimum Gasteiger partial charge on any atom is -0.379 e. The lowest BCUT2D eigenvalue weighted by atomic mass is 10.2. The summed E-state index contributed by atoms with van der Waals surface area (Å²) in [5, 5.41) is 2.85. The summed E-state index contributed by atoms with van der Waals surface area (Å²) in [6.07, 6.45) is 0.899. The molecule has 0 unspecified atom stereocenters. The summed E-state index contributed by atoms with van der Waals surface area (Å²) >= 11 is 0. The Morgan fingerprint density at radius 2 is 1.59 bits per heavy atom. The number of amides is 1. The van der Waals surface area contributed by atoms with Gasteiger partial charge < -0.3 is 10.1 Å². The molecular formula is C24H31FN4O4S. The van der Waals surface area contributed by atoms with E-state index in [4.69, 9.17) is 4.74 Å². The van der Waals surface area contributed by atoms with Crippen molar-refractivity contribution < 1.29 is 22.3 Å². The molecule has 0 bridgehead atoms. The molecule has 1 N–H and O–H groups in total. The highest BCUT2D eigenvalue weighted by Gasteiger charge is 2.26. The molecule has 2 saturated heterocycles. The molecule has 2 aliphatic rings. The Bertz CT molecular complexity index is 1070. The summed E-state index contributed by atoms with van der Waals surface area (Å²) in [7, 11) is -3.56. The van der Waals surface area contributed by atoms with E-state index in [2.05, 4.69) is 15.1 Å². The highest BCUT2D eigenvalue weighted by atomic mass is 32.2. The van der Waals surface area contributed by atoms with Gasteiger partial charge in [-0.3, -0.25) is 14.6 Å². The van der Waals surface area contributed by atoms with Gasteiger partial charge >= 0.3 is 0 Å². The predicted molar refractivity (Wildman–Crippen MR) is 127 cm³/mol. The summed E-state index contributed by atoms with van der Waals surface area (Å²) in [6.45, 7) is 5.41. The maximum atomic E-state index is 14.0. The second-order valence-electron chi connectivity index (χ2n) is 8.59. The van der Waals surface area contributed by atoms with Crippen LogP contribution < -0.4 is 5.32 Å². The molecule has 10 heteroatoms. The fourth-order valence-corrected chi connectivity index (χ4v) is 5.67. The summed E-state index contributed by atoms with van der Waals surface area (Å²) in [6, 6.07) is 13.1. The van der Waals surface area contributed by atoms with Crippen LogP contribution in [0.15, 0.2) is 53.4 Å². The molecule has 1 amide bonds. The zero-order chi connectivity index (χ0) is 24.0. The number of hydrogen-bond acceptors (Lipinski definition) is 6. The average Bonchev–Trinajstić information content (AvgIpc) is 3.06. The number of nitrogens with one attached hydrogen (secondary N) is 1. The summed E-state index contributed by atoms with van der Waals surface area (Å²) in [5.74, 6) is -0.335. The van der Waals surface area contributed by atoms with Crippen LogP contribution in [0.1, 0.15) is 12.0 Å². The molecule has 4 rings (SSSR count). The van der Waals surface area contributed by atoms with Crippen molar-refractivity contribution in [3.63, 3.8) is 0 Å². The monoisotopic (exact) mass is 490 g/mol. The number of hydrogen-bond donors (Lipinski definition) is 1. The molecule has 0 aliphatic carbocycles. The van der Waals surface area contributed by atoms with Crippen LogP contribution in [-0.2, 0) is 26.1 Å². The highest BCUT2D eigenvalue weighted by Crippen LogP contribution is 2.19. The Hall–Kier alpha value is -2.37. The fourth-order valence-electron chi connectivity index (χ4n) is 4.26. The van der Waals surface area contributed by atoms with Crippen LogP contribution in [-0.4, -0.2) is 87.5 Å². The summed E-state index contributed by atoms with van der Waals surface area (Å²) < 4.78 is 46.1. The van der Waals surface area contributed by atoms with E-state index in [-0.39, 0.29) is 23.2 Å². The molecule has 8 nitrogen and oxygen atoms in total. The van der Waals surface area contributed by atoms with Gasteiger partial charge in [0.15, 0.2) is 0 Å². The van der Waals surface area contributed by atoms with Gasteiger partial charge in [-0.1, -0.05) is 18.2 Å². The summed E-state index contributed by atoms with van der Waals surface area (Å²) in [4.78, 5) is 17.1. The molecule has 0 spiro atoms. The molecule has 0 atom stereocenters. The molecule has 0 aromatic heterocycles. The van der Waals surface area contributed by atoms with Gasteiger partial charge in [-0.05, 0) is 49.8 Å². The van der Waals surface area contributed by atoms with Gasteiger partial charge in [0.1, 0.15) is 5.82 Å². The lowest BCUT2D eigenvalue weighted by Crippen LogP contribution is -2.40. The molecule has 184 valence electrons. The zero-order valence-electron chi connectivity index (χ0n) is 19.2. The molecule has 34 heavy (non-hydrogen) atoms. The van der Waals surface area contributed by atoms with E-state index in [9.17, 15) is 17.6 Å². The van der Waals surface area contributed by atoms with Gasteiger partial charge in [-0.15, -0.1) is 0 Å². The number of rotatable bonds is 7. The first-order valence-corrected chi connectivity index (χ1v) is 13.0. The second-order valence-corrected chi connectivity index (χ2v) is 10.5. The van der Waals surface area contributed by atoms with Gasteiger partial charge in [0.25, 0.3) is 0 Å². The largest absolute Gasteiger partial charge is 0.379 e. The van der Waals surface area contributed by atoms with Crippen molar-refractivity contribution in [2.45, 2.75) is 17.9 Å². The SMILES string of the molecule is O=C(CN1CCCN(Cc2ccccc2F)CC1)Nc1ccc(S(=O)(=O)N2CCOCC2)cc1. The van der Waals surface area contributed by atoms with Crippen molar-refractivity contribution in [1.29, 1.82) is 0 Å². The predicted octanol–water partition coefficient (Wildman–Crippen LogP) is 1.99. The van der Waals surface area contributed by atoms with Gasteiger partial charge in [0.05, 0.1) is 24.7 Å². The minimum absolute atomic E-state index is 0.147. The maximum Gasteiger partial charge on any atom is 0.243 e. The van der Waals surface area contributed by atoms with E-state index in [1.165, 1.54) is 22.5 Å². The van der Waals surface area contributed by atoms with Crippen molar-refractivity contribution >= 4 is 21.6 Å². The number of carbonyl (C=O) groups excluding carboxylic acids is 1. The average molecular weight is 491 g/mol. The molecule has 2 aliphatic heterocycles. The third-order valence-corrected chi connectivity index (χ3v) is 8.06. The fraction of sp³-hybridized carbons (Fsp3) is 0.458. The molecule has 0 radical (unpaired) electrons. The maximum absolute atomic E-state index is 14.0. The van der Waals surface area contributed by atoms with E-state index in [0.717, 1.165) is 32.6 Å². The van der Waals surface area contributed by atoms with Crippen molar-refractivity contribution in [2.75, 3.05) is 64.3 Å². The number of sulfonamides is 1. The van der Waals surface area contributed by atoms with Crippen LogP contribution >= 0.6 is 0 Å². The van der Waals surface area contributed by atoms with Gasteiger partial charge in [-0.2, -0.15) is 4.31 Å². The standard InChI is InChI=1S/C24H31FN4O4S/c25-23-5-2-1-4-20(23)18-27-10-3-11-28(13-12-27)19-24(30)26-21-6-8-22(9-7-21)34(31,32)29-14-16-33-17-15-29/h1-2,4-9H,3,10-19H2,(H,26,30). The molecule has 2 aromatic rings. The molecular weight excluding hydrogens is 459 g/mol. The van der Waals surface area contributed by atoms with Crippen LogP contribution in [0.2, 0.25) is 0 Å². The highest BCUT2D eigenvalue weighted by molar-refractivity contribution is 7.89. The van der Waals surface area contributed by atoms with Gasteiger partial charge in [0, 0.05) is 44.0 Å². The van der Waals surface area contributed by atoms with Gasteiger partial charge in [-0.25, -0.2) is 12.8 Å². The van der Waals surface area contributed by atoms with E-state index in [1.807, 2.05) is 12.1 Å². The number of benzene rings is 2. The zero-order valence-corrected chi connectivity index (χ0v) is 20.0. The topological polar surface area (TPSA) is 82.2 Å². The lowest BCUT2D eigenvalue weighted by molar-refractivity contribution is -0.117. The smallest absolute Gasteiger partial charge is 0.243 e.